The monoisotopic (exact) mass is 396 g/mol. The molecule has 0 atom stereocenters. The Morgan fingerprint density at radius 3 is 2.15 bits per heavy atom. The van der Waals surface area contributed by atoms with Crippen LogP contribution in [0.3, 0.4) is 0 Å². The van der Waals surface area contributed by atoms with Crippen LogP contribution in [0.2, 0.25) is 0 Å². The Morgan fingerprint density at radius 1 is 1.04 bits per heavy atom. The highest BCUT2D eigenvalue weighted by Gasteiger charge is 2.42. The van der Waals surface area contributed by atoms with E-state index >= 15 is 0 Å². The summed E-state index contributed by atoms with van der Waals surface area (Å²) < 4.78 is 72.0. The Hall–Kier alpha value is -1.86. The highest BCUT2D eigenvalue weighted by molar-refractivity contribution is 5.71. The molecule has 0 aromatic heterocycles. The van der Waals surface area contributed by atoms with Crippen LogP contribution in [-0.2, 0) is 14.9 Å². The van der Waals surface area contributed by atoms with Crippen molar-refractivity contribution in [2.24, 2.45) is 0 Å². The van der Waals surface area contributed by atoms with Crippen molar-refractivity contribution in [1.82, 2.24) is 0 Å². The molecule has 0 bridgehead atoms. The predicted octanol–water partition coefficient (Wildman–Crippen LogP) is 5.66. The van der Waals surface area contributed by atoms with Crippen LogP contribution >= 0.6 is 0 Å². The number of carbonyl (C=O) groups excluding carboxylic acids is 1. The van der Waals surface area contributed by atoms with Crippen molar-refractivity contribution in [3.05, 3.63) is 29.8 Å². The van der Waals surface area contributed by atoms with Gasteiger partial charge in [-0.25, -0.2) is 13.6 Å². The number of hydrogen-bond acceptors (Lipinski definition) is 3. The summed E-state index contributed by atoms with van der Waals surface area (Å²) in [7, 11) is 0. The van der Waals surface area contributed by atoms with E-state index in [0.717, 1.165) is 12.0 Å². The summed E-state index contributed by atoms with van der Waals surface area (Å²) in [6, 6.07) is 7.23. The minimum Gasteiger partial charge on any atom is -0.482 e. The number of esters is 1. The third-order valence-electron chi connectivity index (χ3n) is 4.29. The van der Waals surface area contributed by atoms with E-state index in [0.29, 0.717) is 5.75 Å². The van der Waals surface area contributed by atoms with Gasteiger partial charge in [0.1, 0.15) is 12.2 Å². The Bertz CT molecular complexity index is 594. The van der Waals surface area contributed by atoms with Crippen molar-refractivity contribution in [1.29, 1.82) is 0 Å². The SMILES string of the molecule is CCC(C)(C)c1ccc(OCC(=O)OCCCC(F)(F)CC(F)(F)F)cc1. The van der Waals surface area contributed by atoms with Gasteiger partial charge in [0, 0.05) is 6.42 Å². The lowest BCUT2D eigenvalue weighted by Crippen LogP contribution is -2.26. The summed E-state index contributed by atoms with van der Waals surface area (Å²) in [6.45, 7) is 5.51. The van der Waals surface area contributed by atoms with Crippen molar-refractivity contribution < 1.29 is 36.2 Å². The maximum absolute atomic E-state index is 13.1. The Balaban J connectivity index is 2.32. The van der Waals surface area contributed by atoms with Gasteiger partial charge in [0.2, 0.25) is 0 Å². The Morgan fingerprint density at radius 2 is 1.63 bits per heavy atom. The van der Waals surface area contributed by atoms with Gasteiger partial charge in [-0.2, -0.15) is 13.2 Å². The van der Waals surface area contributed by atoms with Gasteiger partial charge in [0.25, 0.3) is 5.92 Å². The maximum atomic E-state index is 13.1. The molecule has 0 aliphatic carbocycles. The number of hydrogen-bond donors (Lipinski definition) is 0. The summed E-state index contributed by atoms with van der Waals surface area (Å²) in [5.74, 6) is -4.18. The summed E-state index contributed by atoms with van der Waals surface area (Å²) in [4.78, 5) is 11.5. The summed E-state index contributed by atoms with van der Waals surface area (Å²) >= 11 is 0. The zero-order valence-corrected chi connectivity index (χ0v) is 15.7. The predicted molar refractivity (Wildman–Crippen MR) is 91.1 cm³/mol. The van der Waals surface area contributed by atoms with Crippen LogP contribution in [0.5, 0.6) is 5.75 Å². The number of carbonyl (C=O) groups is 1. The third-order valence-corrected chi connectivity index (χ3v) is 4.29. The van der Waals surface area contributed by atoms with Gasteiger partial charge in [-0.15, -0.1) is 0 Å². The Labute approximate surface area is 155 Å². The van der Waals surface area contributed by atoms with E-state index in [1.54, 1.807) is 12.1 Å². The van der Waals surface area contributed by atoms with Crippen LogP contribution in [0.4, 0.5) is 22.0 Å². The van der Waals surface area contributed by atoms with Crippen LogP contribution in [0.15, 0.2) is 24.3 Å². The van der Waals surface area contributed by atoms with Crippen molar-refractivity contribution in [3.63, 3.8) is 0 Å². The van der Waals surface area contributed by atoms with Gasteiger partial charge >= 0.3 is 12.1 Å². The van der Waals surface area contributed by atoms with Crippen LogP contribution < -0.4 is 4.74 Å². The summed E-state index contributed by atoms with van der Waals surface area (Å²) in [6.07, 6.45) is -7.52. The molecule has 0 amide bonds. The molecule has 0 unspecified atom stereocenters. The number of rotatable bonds is 10. The first kappa shape index (κ1) is 23.2. The lowest BCUT2D eigenvalue weighted by Gasteiger charge is -2.23. The van der Waals surface area contributed by atoms with Crippen molar-refractivity contribution in [2.75, 3.05) is 13.2 Å². The van der Waals surface area contributed by atoms with Gasteiger partial charge in [-0.1, -0.05) is 32.9 Å². The molecule has 0 fully saturated rings. The minimum absolute atomic E-state index is 0.0195. The van der Waals surface area contributed by atoms with Crippen LogP contribution in [0.25, 0.3) is 0 Å². The van der Waals surface area contributed by atoms with E-state index in [1.165, 1.54) is 0 Å². The molecule has 0 spiro atoms. The molecule has 0 N–H and O–H groups in total. The normalized spacial score (nSPS) is 12.7. The maximum Gasteiger partial charge on any atom is 0.394 e. The second-order valence-corrected chi connectivity index (χ2v) is 7.02. The number of halogens is 5. The van der Waals surface area contributed by atoms with Gasteiger partial charge in [0.15, 0.2) is 6.61 Å². The van der Waals surface area contributed by atoms with Gasteiger partial charge in [-0.05, 0) is 36.0 Å². The smallest absolute Gasteiger partial charge is 0.394 e. The average molecular weight is 396 g/mol. The standard InChI is InChI=1S/C19H25F5O3/c1-4-17(2,3)14-6-8-15(9-7-14)27-12-16(25)26-11-5-10-18(20,21)13-19(22,23)24/h6-9H,4-5,10-13H2,1-3H3. The number of benzene rings is 1. The highest BCUT2D eigenvalue weighted by atomic mass is 19.4. The topological polar surface area (TPSA) is 35.5 Å². The van der Waals surface area contributed by atoms with E-state index in [-0.39, 0.29) is 18.4 Å². The fraction of sp³-hybridized carbons (Fsp3) is 0.632. The zero-order valence-electron chi connectivity index (χ0n) is 15.7. The quantitative estimate of drug-likeness (QED) is 0.291. The average Bonchev–Trinajstić information content (AvgIpc) is 2.55. The van der Waals surface area contributed by atoms with Crippen LogP contribution in [0, 0.1) is 0 Å². The zero-order chi connectivity index (χ0) is 20.7. The second kappa shape index (κ2) is 9.37. The number of ether oxygens (including phenoxy) is 2. The Kier molecular flexibility index (Phi) is 8.04. The van der Waals surface area contributed by atoms with Gasteiger partial charge < -0.3 is 9.47 Å². The fourth-order valence-corrected chi connectivity index (χ4v) is 2.29. The van der Waals surface area contributed by atoms with Crippen molar-refractivity contribution in [3.8, 4) is 5.75 Å². The van der Waals surface area contributed by atoms with Crippen LogP contribution in [-0.4, -0.2) is 31.3 Å². The molecule has 0 heterocycles. The van der Waals surface area contributed by atoms with Gasteiger partial charge in [-0.3, -0.25) is 0 Å². The fourth-order valence-electron chi connectivity index (χ4n) is 2.29. The van der Waals surface area contributed by atoms with E-state index < -0.39 is 37.5 Å². The molecule has 0 saturated carbocycles. The molecule has 8 heteroatoms. The molecule has 0 aliphatic rings. The second-order valence-electron chi connectivity index (χ2n) is 7.02. The molecular weight excluding hydrogens is 371 g/mol. The molecule has 27 heavy (non-hydrogen) atoms. The van der Waals surface area contributed by atoms with Crippen LogP contribution in [0.1, 0.15) is 52.0 Å². The molecule has 1 rings (SSSR count). The van der Waals surface area contributed by atoms with E-state index in [2.05, 4.69) is 20.8 Å². The molecule has 0 saturated heterocycles. The largest absolute Gasteiger partial charge is 0.482 e. The first-order valence-electron chi connectivity index (χ1n) is 8.68. The van der Waals surface area contributed by atoms with E-state index in [4.69, 9.17) is 9.47 Å². The molecule has 154 valence electrons. The first-order chi connectivity index (χ1) is 12.3. The molecule has 0 aliphatic heterocycles. The molecule has 1 aromatic carbocycles. The summed E-state index contributed by atoms with van der Waals surface area (Å²) in [5.41, 5.74) is 1.14. The molecule has 3 nitrogen and oxygen atoms in total. The molecule has 0 radical (unpaired) electrons. The highest BCUT2D eigenvalue weighted by Crippen LogP contribution is 2.34. The summed E-state index contributed by atoms with van der Waals surface area (Å²) in [5, 5.41) is 0. The lowest BCUT2D eigenvalue weighted by atomic mass is 9.82. The lowest BCUT2D eigenvalue weighted by molar-refractivity contribution is -0.190. The van der Waals surface area contributed by atoms with Gasteiger partial charge in [0.05, 0.1) is 6.61 Å². The first-order valence-corrected chi connectivity index (χ1v) is 8.68. The number of alkyl halides is 5. The van der Waals surface area contributed by atoms with Crippen molar-refractivity contribution >= 4 is 5.97 Å². The van der Waals surface area contributed by atoms with E-state index in [1.807, 2.05) is 12.1 Å². The van der Waals surface area contributed by atoms with Crippen molar-refractivity contribution in [2.45, 2.75) is 64.0 Å². The molecular formula is C19H25F5O3. The minimum atomic E-state index is -4.93. The molecule has 1 aromatic rings. The third kappa shape index (κ3) is 9.06. The van der Waals surface area contributed by atoms with E-state index in [9.17, 15) is 26.7 Å².